The van der Waals surface area contributed by atoms with E-state index in [0.717, 1.165) is 6.42 Å². The molecule has 0 spiro atoms. The van der Waals surface area contributed by atoms with Crippen LogP contribution < -0.4 is 10.6 Å². The normalized spacial score (nSPS) is 12.6. The van der Waals surface area contributed by atoms with Crippen molar-refractivity contribution in [2.24, 2.45) is 5.90 Å². The van der Waals surface area contributed by atoms with Gasteiger partial charge < -0.3 is 14.2 Å². The van der Waals surface area contributed by atoms with Crippen LogP contribution in [-0.2, 0) is 34.8 Å². The number of hydrogen-bond acceptors (Lipinski definition) is 8. The Kier molecular flexibility index (Phi) is 14.4. The van der Waals surface area contributed by atoms with E-state index in [1.807, 2.05) is 12.1 Å². The van der Waals surface area contributed by atoms with Gasteiger partial charge in [-0.1, -0.05) is 57.2 Å². The predicted molar refractivity (Wildman–Crippen MR) is 115 cm³/mol. The molecule has 0 saturated carbocycles. The van der Waals surface area contributed by atoms with E-state index in [2.05, 4.69) is 40.0 Å². The lowest BCUT2D eigenvalue weighted by Crippen LogP contribution is -2.29. The summed E-state index contributed by atoms with van der Waals surface area (Å²) in [4.78, 5) is 0. The summed E-state index contributed by atoms with van der Waals surface area (Å²) in [6.07, 6.45) is 9.75. The Bertz CT molecular complexity index is 664. The van der Waals surface area contributed by atoms with Gasteiger partial charge in [-0.25, -0.2) is 4.18 Å². The summed E-state index contributed by atoms with van der Waals surface area (Å²) in [6.45, 7) is 5.89. The Labute approximate surface area is 180 Å². The van der Waals surface area contributed by atoms with Gasteiger partial charge in [-0.15, -0.1) is 6.58 Å². The number of hydrogen-bond donors (Lipinski definition) is 1. The molecule has 0 radical (unpaired) electrons. The highest BCUT2D eigenvalue weighted by molar-refractivity contribution is 7.81. The molecule has 1 aromatic rings. The van der Waals surface area contributed by atoms with E-state index in [-0.39, 0.29) is 13.2 Å². The topological polar surface area (TPSA) is 106 Å². The third-order valence-electron chi connectivity index (χ3n) is 4.33. The molecule has 0 bridgehead atoms. The fourth-order valence-corrected chi connectivity index (χ4v) is 2.92. The zero-order valence-electron chi connectivity index (χ0n) is 17.8. The fourth-order valence-electron chi connectivity index (χ4n) is 2.69. The third kappa shape index (κ3) is 12.9. The van der Waals surface area contributed by atoms with Crippen molar-refractivity contribution < 1.29 is 31.1 Å². The van der Waals surface area contributed by atoms with Crippen LogP contribution in [0.3, 0.4) is 0 Å². The molecule has 0 aliphatic carbocycles. The molecule has 1 unspecified atom stereocenters. The van der Waals surface area contributed by atoms with E-state index < -0.39 is 23.3 Å². The average molecular weight is 446 g/mol. The van der Waals surface area contributed by atoms with Crippen molar-refractivity contribution in [3.8, 4) is 5.75 Å². The highest BCUT2D eigenvalue weighted by Gasteiger charge is 2.15. The van der Waals surface area contributed by atoms with E-state index in [1.54, 1.807) is 6.08 Å². The van der Waals surface area contributed by atoms with Crippen LogP contribution in [0.1, 0.15) is 51.0 Å². The second-order valence-electron chi connectivity index (χ2n) is 6.83. The quantitative estimate of drug-likeness (QED) is 0.149. The maximum absolute atomic E-state index is 11.1. The minimum absolute atomic E-state index is 0.154. The molecule has 0 aliphatic rings. The van der Waals surface area contributed by atoms with E-state index in [4.69, 9.17) is 14.2 Å². The van der Waals surface area contributed by atoms with Gasteiger partial charge >= 0.3 is 10.4 Å². The van der Waals surface area contributed by atoms with Crippen molar-refractivity contribution in [2.75, 3.05) is 26.6 Å². The minimum Gasteiger partial charge on any atom is -0.491 e. The molecule has 0 heterocycles. The van der Waals surface area contributed by atoms with Gasteiger partial charge in [-0.2, -0.15) is 18.6 Å². The average Bonchev–Trinajstić information content (AvgIpc) is 2.75. The standard InChI is InChI=1S/C21H35NO7S/c1-3-5-6-7-8-9-10-19-11-13-20(14-12-19)26-17-21(16-25-15-4-2)27-18-28-30(23,24)29-22/h4,11-14,21H,2-3,5-10,15-18,22H2,1H3. The SMILES string of the molecule is C=CCOCC(COc1ccc(CCCCCCCC)cc1)OCOS(=O)(=O)ON. The van der Waals surface area contributed by atoms with Crippen LogP contribution in [0.25, 0.3) is 0 Å². The van der Waals surface area contributed by atoms with Crippen LogP contribution in [0.4, 0.5) is 0 Å². The second-order valence-corrected chi connectivity index (χ2v) is 8.07. The molecular weight excluding hydrogens is 410 g/mol. The smallest absolute Gasteiger partial charge is 0.418 e. The number of ether oxygens (including phenoxy) is 3. The summed E-state index contributed by atoms with van der Waals surface area (Å²) in [5, 5.41) is 0. The highest BCUT2D eigenvalue weighted by atomic mass is 32.3. The molecule has 30 heavy (non-hydrogen) atoms. The molecule has 0 amide bonds. The zero-order chi connectivity index (χ0) is 22.1. The van der Waals surface area contributed by atoms with Crippen molar-refractivity contribution in [2.45, 2.75) is 58.0 Å². The molecule has 0 aliphatic heterocycles. The van der Waals surface area contributed by atoms with E-state index in [1.165, 1.54) is 44.1 Å². The highest BCUT2D eigenvalue weighted by Crippen LogP contribution is 2.16. The van der Waals surface area contributed by atoms with Gasteiger partial charge in [0.2, 0.25) is 0 Å². The largest absolute Gasteiger partial charge is 0.491 e. The molecule has 1 rings (SSSR count). The van der Waals surface area contributed by atoms with Gasteiger partial charge in [-0.05, 0) is 30.5 Å². The van der Waals surface area contributed by atoms with E-state index >= 15 is 0 Å². The first kappa shape index (κ1) is 26.5. The predicted octanol–water partition coefficient (Wildman–Crippen LogP) is 3.67. The molecule has 9 heteroatoms. The van der Waals surface area contributed by atoms with Gasteiger partial charge in [0.05, 0.1) is 13.2 Å². The molecule has 0 fully saturated rings. The van der Waals surface area contributed by atoms with Gasteiger partial charge in [0.1, 0.15) is 18.5 Å². The maximum atomic E-state index is 11.1. The van der Waals surface area contributed by atoms with Crippen LogP contribution in [0, 0.1) is 0 Å². The van der Waals surface area contributed by atoms with Crippen molar-refractivity contribution in [1.82, 2.24) is 0 Å². The molecular formula is C21H35NO7S. The Morgan fingerprint density at radius 1 is 1.07 bits per heavy atom. The summed E-state index contributed by atoms with van der Waals surface area (Å²) in [5.41, 5.74) is 1.28. The van der Waals surface area contributed by atoms with E-state index in [0.29, 0.717) is 12.4 Å². The zero-order valence-corrected chi connectivity index (χ0v) is 18.6. The van der Waals surface area contributed by atoms with Crippen LogP contribution in [-0.4, -0.2) is 41.1 Å². The monoisotopic (exact) mass is 445 g/mol. The number of rotatable bonds is 19. The first-order valence-electron chi connectivity index (χ1n) is 10.3. The summed E-state index contributed by atoms with van der Waals surface area (Å²) >= 11 is 0. The summed E-state index contributed by atoms with van der Waals surface area (Å²) in [7, 11) is -4.27. The Hall–Kier alpha value is -1.49. The van der Waals surface area contributed by atoms with Gasteiger partial charge in [0.25, 0.3) is 0 Å². The Balaban J connectivity index is 2.40. The summed E-state index contributed by atoms with van der Waals surface area (Å²) in [6, 6.07) is 7.94. The van der Waals surface area contributed by atoms with Crippen LogP contribution in [0.5, 0.6) is 5.75 Å². The lowest BCUT2D eigenvalue weighted by atomic mass is 10.0. The maximum Gasteiger partial charge on any atom is 0.418 e. The number of nitrogens with two attached hydrogens (primary N) is 1. The molecule has 0 aromatic heterocycles. The second kappa shape index (κ2) is 16.2. The van der Waals surface area contributed by atoms with Crippen LogP contribution in [0.2, 0.25) is 0 Å². The number of benzene rings is 1. The first-order valence-corrected chi connectivity index (χ1v) is 11.6. The number of unbranched alkanes of at least 4 members (excludes halogenated alkanes) is 5. The Morgan fingerprint density at radius 2 is 1.77 bits per heavy atom. The van der Waals surface area contributed by atoms with Crippen LogP contribution in [0.15, 0.2) is 36.9 Å². The molecule has 1 atom stereocenters. The first-order chi connectivity index (χ1) is 14.5. The van der Waals surface area contributed by atoms with Gasteiger partial charge in [0, 0.05) is 0 Å². The molecule has 2 N–H and O–H groups in total. The van der Waals surface area contributed by atoms with Crippen LogP contribution >= 0.6 is 0 Å². The molecule has 172 valence electrons. The van der Waals surface area contributed by atoms with Crippen molar-refractivity contribution in [1.29, 1.82) is 0 Å². The Morgan fingerprint density at radius 3 is 2.43 bits per heavy atom. The molecule has 1 aromatic carbocycles. The summed E-state index contributed by atoms with van der Waals surface area (Å²) < 4.78 is 46.7. The van der Waals surface area contributed by atoms with E-state index in [9.17, 15) is 8.42 Å². The number of aryl methyl sites for hydroxylation is 1. The lowest BCUT2D eigenvalue weighted by Gasteiger charge is -2.18. The molecule has 8 nitrogen and oxygen atoms in total. The van der Waals surface area contributed by atoms with Gasteiger partial charge in [0.15, 0.2) is 6.79 Å². The third-order valence-corrected chi connectivity index (χ3v) is 4.95. The van der Waals surface area contributed by atoms with Gasteiger partial charge in [-0.3, -0.25) is 0 Å². The van der Waals surface area contributed by atoms with Crippen molar-refractivity contribution in [3.63, 3.8) is 0 Å². The minimum atomic E-state index is -4.27. The summed E-state index contributed by atoms with van der Waals surface area (Å²) in [5.74, 6) is 5.29. The molecule has 0 saturated heterocycles. The van der Waals surface area contributed by atoms with Crippen molar-refractivity contribution in [3.05, 3.63) is 42.5 Å². The van der Waals surface area contributed by atoms with Crippen molar-refractivity contribution >= 4 is 10.4 Å². The lowest BCUT2D eigenvalue weighted by molar-refractivity contribution is -0.0842. The fraction of sp³-hybridized carbons (Fsp3) is 0.619.